The van der Waals surface area contributed by atoms with Gasteiger partial charge in [-0.25, -0.2) is 0 Å². The fourth-order valence-electron chi connectivity index (χ4n) is 2.72. The van der Waals surface area contributed by atoms with E-state index in [0.717, 1.165) is 5.75 Å². The van der Waals surface area contributed by atoms with Gasteiger partial charge in [-0.3, -0.25) is 0 Å². The van der Waals surface area contributed by atoms with Gasteiger partial charge in [0.25, 0.3) is 0 Å². The van der Waals surface area contributed by atoms with Crippen molar-refractivity contribution in [2.24, 2.45) is 5.41 Å². The maximum atomic E-state index is 4.57. The highest BCUT2D eigenvalue weighted by molar-refractivity contribution is 7.99. The van der Waals surface area contributed by atoms with Gasteiger partial charge in [0, 0.05) is 31.1 Å². The Kier molecular flexibility index (Phi) is 4.09. The molecule has 0 amide bonds. The topological polar surface area (TPSA) is 3.24 Å². The summed E-state index contributed by atoms with van der Waals surface area (Å²) >= 11 is 6.67. The number of rotatable bonds is 3. The standard InChI is InChI=1S/C11H21NS2/c13-10-11(3-1-2-4-11)9-12-5-7-14-8-6-12/h13H,1-10H2. The Labute approximate surface area is 97.4 Å². The molecule has 14 heavy (non-hydrogen) atoms. The van der Waals surface area contributed by atoms with E-state index in [1.807, 2.05) is 0 Å². The molecule has 1 aliphatic heterocycles. The summed E-state index contributed by atoms with van der Waals surface area (Å²) in [7, 11) is 0. The van der Waals surface area contributed by atoms with E-state index < -0.39 is 0 Å². The zero-order valence-electron chi connectivity index (χ0n) is 8.87. The third-order valence-electron chi connectivity index (χ3n) is 3.66. The van der Waals surface area contributed by atoms with Crippen LogP contribution < -0.4 is 0 Å². The molecule has 0 atom stereocenters. The lowest BCUT2D eigenvalue weighted by Crippen LogP contribution is -2.41. The summed E-state index contributed by atoms with van der Waals surface area (Å²) in [4.78, 5) is 2.66. The lowest BCUT2D eigenvalue weighted by atomic mass is 9.88. The molecule has 0 aromatic rings. The highest BCUT2D eigenvalue weighted by Gasteiger charge is 2.34. The number of thioether (sulfide) groups is 1. The number of hydrogen-bond donors (Lipinski definition) is 1. The molecule has 0 aromatic carbocycles. The largest absolute Gasteiger partial charge is 0.301 e. The summed E-state index contributed by atoms with van der Waals surface area (Å²) in [5.74, 6) is 3.77. The molecule has 1 saturated carbocycles. The van der Waals surface area contributed by atoms with E-state index >= 15 is 0 Å². The summed E-state index contributed by atoms with van der Waals surface area (Å²) in [6.45, 7) is 3.93. The molecule has 1 aliphatic carbocycles. The van der Waals surface area contributed by atoms with Crippen molar-refractivity contribution in [2.75, 3.05) is 36.9 Å². The Morgan fingerprint density at radius 2 is 1.79 bits per heavy atom. The van der Waals surface area contributed by atoms with Gasteiger partial charge in [0.1, 0.15) is 0 Å². The van der Waals surface area contributed by atoms with Gasteiger partial charge in [-0.05, 0) is 24.0 Å². The average Bonchev–Trinajstić information content (AvgIpc) is 2.69. The van der Waals surface area contributed by atoms with E-state index in [4.69, 9.17) is 0 Å². The van der Waals surface area contributed by atoms with Crippen LogP contribution >= 0.6 is 24.4 Å². The first-order chi connectivity index (χ1) is 6.85. The number of nitrogens with zero attached hydrogens (tertiary/aromatic N) is 1. The van der Waals surface area contributed by atoms with E-state index in [9.17, 15) is 0 Å². The third kappa shape index (κ3) is 2.61. The molecule has 0 radical (unpaired) electrons. The van der Waals surface area contributed by atoms with Crippen LogP contribution in [0.15, 0.2) is 0 Å². The number of thiol groups is 1. The Morgan fingerprint density at radius 1 is 1.14 bits per heavy atom. The second-order valence-corrected chi connectivity index (χ2v) is 6.29. The van der Waals surface area contributed by atoms with Gasteiger partial charge < -0.3 is 4.90 Å². The van der Waals surface area contributed by atoms with Crippen molar-refractivity contribution in [2.45, 2.75) is 25.7 Å². The molecule has 0 bridgehead atoms. The molecule has 1 heterocycles. The Morgan fingerprint density at radius 3 is 2.36 bits per heavy atom. The van der Waals surface area contributed by atoms with Crippen molar-refractivity contribution in [3.63, 3.8) is 0 Å². The van der Waals surface area contributed by atoms with E-state index in [2.05, 4.69) is 29.3 Å². The minimum atomic E-state index is 0.575. The molecule has 2 fully saturated rings. The lowest BCUT2D eigenvalue weighted by molar-refractivity contribution is 0.184. The average molecular weight is 231 g/mol. The summed E-state index contributed by atoms with van der Waals surface area (Å²) in [6, 6.07) is 0. The zero-order chi connectivity index (χ0) is 9.86. The van der Waals surface area contributed by atoms with Gasteiger partial charge in [-0.1, -0.05) is 12.8 Å². The minimum absolute atomic E-state index is 0.575. The van der Waals surface area contributed by atoms with Crippen LogP contribution in [0.2, 0.25) is 0 Å². The predicted octanol–water partition coefficient (Wildman–Crippen LogP) is 2.53. The van der Waals surface area contributed by atoms with Crippen molar-refractivity contribution in [1.82, 2.24) is 4.90 Å². The fraction of sp³-hybridized carbons (Fsp3) is 1.00. The van der Waals surface area contributed by atoms with Crippen LogP contribution in [0.25, 0.3) is 0 Å². The van der Waals surface area contributed by atoms with Crippen LogP contribution in [-0.2, 0) is 0 Å². The Bertz CT molecular complexity index is 172. The molecule has 1 saturated heterocycles. The SMILES string of the molecule is SCC1(CN2CCSCC2)CCCC1. The van der Waals surface area contributed by atoms with Gasteiger partial charge >= 0.3 is 0 Å². The molecule has 1 nitrogen and oxygen atoms in total. The minimum Gasteiger partial charge on any atom is -0.301 e. The van der Waals surface area contributed by atoms with E-state index in [1.54, 1.807) is 0 Å². The van der Waals surface area contributed by atoms with Crippen molar-refractivity contribution < 1.29 is 0 Å². The van der Waals surface area contributed by atoms with E-state index in [0.29, 0.717) is 5.41 Å². The summed E-state index contributed by atoms with van der Waals surface area (Å²) in [5, 5.41) is 0. The van der Waals surface area contributed by atoms with Crippen molar-refractivity contribution in [3.8, 4) is 0 Å². The van der Waals surface area contributed by atoms with Crippen LogP contribution in [0.5, 0.6) is 0 Å². The highest BCUT2D eigenvalue weighted by Crippen LogP contribution is 2.39. The van der Waals surface area contributed by atoms with Crippen molar-refractivity contribution >= 4 is 24.4 Å². The molecule has 82 valence electrons. The van der Waals surface area contributed by atoms with Crippen LogP contribution in [-0.4, -0.2) is 41.8 Å². The van der Waals surface area contributed by atoms with Gasteiger partial charge in [0.2, 0.25) is 0 Å². The summed E-state index contributed by atoms with van der Waals surface area (Å²) in [5.41, 5.74) is 0.575. The summed E-state index contributed by atoms with van der Waals surface area (Å²) in [6.07, 6.45) is 5.70. The van der Waals surface area contributed by atoms with E-state index in [-0.39, 0.29) is 0 Å². The monoisotopic (exact) mass is 231 g/mol. The molecule has 0 spiro atoms. The van der Waals surface area contributed by atoms with Crippen LogP contribution in [0, 0.1) is 5.41 Å². The lowest BCUT2D eigenvalue weighted by Gasteiger charge is -2.36. The molecular formula is C11H21NS2. The third-order valence-corrected chi connectivity index (χ3v) is 5.28. The van der Waals surface area contributed by atoms with Crippen molar-refractivity contribution in [3.05, 3.63) is 0 Å². The first-order valence-corrected chi connectivity index (χ1v) is 7.54. The summed E-state index contributed by atoms with van der Waals surface area (Å²) < 4.78 is 0. The molecule has 2 rings (SSSR count). The second kappa shape index (κ2) is 5.13. The molecular weight excluding hydrogens is 210 g/mol. The highest BCUT2D eigenvalue weighted by atomic mass is 32.2. The number of hydrogen-bond acceptors (Lipinski definition) is 3. The van der Waals surface area contributed by atoms with Crippen LogP contribution in [0.4, 0.5) is 0 Å². The molecule has 2 aliphatic rings. The molecule has 0 N–H and O–H groups in total. The second-order valence-electron chi connectivity index (χ2n) is 4.75. The van der Waals surface area contributed by atoms with Crippen LogP contribution in [0.1, 0.15) is 25.7 Å². The predicted molar refractivity (Wildman–Crippen MR) is 68.5 cm³/mol. The Balaban J connectivity index is 1.86. The Hall–Kier alpha value is 0.660. The molecule has 0 aromatic heterocycles. The maximum Gasteiger partial charge on any atom is 0.00729 e. The van der Waals surface area contributed by atoms with Crippen molar-refractivity contribution in [1.29, 1.82) is 0 Å². The smallest absolute Gasteiger partial charge is 0.00729 e. The van der Waals surface area contributed by atoms with Gasteiger partial charge in [0.15, 0.2) is 0 Å². The maximum absolute atomic E-state index is 4.57. The van der Waals surface area contributed by atoms with Gasteiger partial charge in [-0.15, -0.1) is 0 Å². The van der Waals surface area contributed by atoms with Gasteiger partial charge in [0.05, 0.1) is 0 Å². The normalized spacial score (nSPS) is 28.1. The molecule has 0 unspecified atom stereocenters. The fourth-order valence-corrected chi connectivity index (χ4v) is 4.12. The van der Waals surface area contributed by atoms with Gasteiger partial charge in [-0.2, -0.15) is 24.4 Å². The van der Waals surface area contributed by atoms with Crippen LogP contribution in [0.3, 0.4) is 0 Å². The zero-order valence-corrected chi connectivity index (χ0v) is 10.6. The first kappa shape index (κ1) is 11.2. The quantitative estimate of drug-likeness (QED) is 0.744. The molecule has 3 heteroatoms. The first-order valence-electron chi connectivity index (χ1n) is 5.76. The van der Waals surface area contributed by atoms with E-state index in [1.165, 1.54) is 56.8 Å².